The normalized spacial score (nSPS) is 54.2. The molecule has 22 atom stereocenters. The Morgan fingerprint density at radius 1 is 0.855 bits per heavy atom. The van der Waals surface area contributed by atoms with Gasteiger partial charge in [-0.3, -0.25) is 0 Å². The Bertz CT molecular complexity index is 1370. The molecule has 0 bridgehead atoms. The van der Waals surface area contributed by atoms with Crippen LogP contribution < -0.4 is 0 Å². The van der Waals surface area contributed by atoms with Gasteiger partial charge < -0.3 is 74.4 Å². The lowest BCUT2D eigenvalue weighted by molar-refractivity contribution is -0.324. The van der Waals surface area contributed by atoms with E-state index in [0.29, 0.717) is 37.5 Å². The van der Waals surface area contributed by atoms with E-state index in [9.17, 15) is 46.0 Å². The number of aliphatic hydroxyl groups is 9. The zero-order chi connectivity index (χ0) is 39.8. The second-order valence-electron chi connectivity index (χ2n) is 18.5. The van der Waals surface area contributed by atoms with Crippen molar-refractivity contribution >= 4 is 0 Å². The van der Waals surface area contributed by atoms with Gasteiger partial charge in [-0.05, 0) is 73.5 Å². The zero-order valence-electron chi connectivity index (χ0n) is 32.8. The van der Waals surface area contributed by atoms with Crippen LogP contribution in [0.15, 0.2) is 11.6 Å². The molecular formula is C40H66O15. The van der Waals surface area contributed by atoms with Crippen LogP contribution in [-0.4, -0.2) is 158 Å². The van der Waals surface area contributed by atoms with Crippen molar-refractivity contribution in [3.63, 3.8) is 0 Å². The average Bonchev–Trinajstić information content (AvgIpc) is 3.62. The first-order chi connectivity index (χ1) is 26.0. The molecule has 0 aromatic carbocycles. The number of hydrogen-bond donors (Lipinski definition) is 9. The fourth-order valence-corrected chi connectivity index (χ4v) is 12.5. The minimum Gasteiger partial charge on any atom is -0.394 e. The minimum atomic E-state index is -1.55. The molecule has 0 radical (unpaired) electrons. The van der Waals surface area contributed by atoms with Crippen LogP contribution >= 0.6 is 0 Å². The maximum Gasteiger partial charge on any atom is 0.187 e. The lowest BCUT2D eigenvalue weighted by atomic mass is 9.46. The third kappa shape index (κ3) is 6.98. The molecule has 3 saturated heterocycles. The van der Waals surface area contributed by atoms with Crippen molar-refractivity contribution in [2.45, 2.75) is 165 Å². The van der Waals surface area contributed by atoms with Crippen LogP contribution in [0.2, 0.25) is 0 Å². The highest BCUT2D eigenvalue weighted by Crippen LogP contribution is 2.70. The van der Waals surface area contributed by atoms with Gasteiger partial charge in [-0.15, -0.1) is 0 Å². The highest BCUT2D eigenvalue weighted by atomic mass is 16.7. The van der Waals surface area contributed by atoms with Gasteiger partial charge in [-0.25, -0.2) is 0 Å². The summed E-state index contributed by atoms with van der Waals surface area (Å²) in [4.78, 5) is 0. The number of aliphatic hydroxyl groups excluding tert-OH is 9. The zero-order valence-corrected chi connectivity index (χ0v) is 32.8. The van der Waals surface area contributed by atoms with E-state index in [1.807, 2.05) is 6.92 Å². The number of fused-ring (bicyclic) bond motifs is 7. The fraction of sp³-hybridized carbons (Fsp3) is 0.950. The predicted octanol–water partition coefficient (Wildman–Crippen LogP) is -0.0584. The maximum atomic E-state index is 11.0. The fourth-order valence-electron chi connectivity index (χ4n) is 12.5. The molecule has 0 amide bonds. The summed E-state index contributed by atoms with van der Waals surface area (Å²) in [6, 6.07) is 0. The predicted molar refractivity (Wildman–Crippen MR) is 193 cm³/mol. The summed E-state index contributed by atoms with van der Waals surface area (Å²) in [5.74, 6) is 0.550. The number of methoxy groups -OCH3 is 1. The summed E-state index contributed by atoms with van der Waals surface area (Å²) >= 11 is 0. The summed E-state index contributed by atoms with van der Waals surface area (Å²) in [5, 5.41) is 92.7. The molecule has 3 saturated carbocycles. The summed E-state index contributed by atoms with van der Waals surface area (Å²) in [5.41, 5.74) is 0.681. The Morgan fingerprint density at radius 2 is 1.49 bits per heavy atom. The Labute approximate surface area is 323 Å². The van der Waals surface area contributed by atoms with E-state index < -0.39 is 98.0 Å². The summed E-state index contributed by atoms with van der Waals surface area (Å²) in [6.45, 7) is 8.07. The molecule has 0 spiro atoms. The average molecular weight is 787 g/mol. The van der Waals surface area contributed by atoms with Crippen molar-refractivity contribution in [2.75, 3.05) is 26.9 Å². The topological polar surface area (TPSA) is 237 Å². The van der Waals surface area contributed by atoms with Gasteiger partial charge in [-0.2, -0.15) is 0 Å². The first-order valence-corrected chi connectivity index (χ1v) is 20.5. The number of ether oxygens (including phenoxy) is 6. The van der Waals surface area contributed by atoms with E-state index in [0.717, 1.165) is 31.3 Å². The van der Waals surface area contributed by atoms with Gasteiger partial charge in [-0.1, -0.05) is 39.3 Å². The van der Waals surface area contributed by atoms with E-state index in [2.05, 4.69) is 26.8 Å². The molecule has 3 heterocycles. The molecule has 7 rings (SSSR count). The molecule has 7 aliphatic rings. The number of rotatable bonds is 11. The second kappa shape index (κ2) is 16.0. The summed E-state index contributed by atoms with van der Waals surface area (Å²) < 4.78 is 37.0. The van der Waals surface area contributed by atoms with Crippen LogP contribution in [0.5, 0.6) is 0 Å². The van der Waals surface area contributed by atoms with Crippen molar-refractivity contribution in [1.82, 2.24) is 0 Å². The van der Waals surface area contributed by atoms with Gasteiger partial charge in [0.15, 0.2) is 18.4 Å². The molecule has 4 aliphatic carbocycles. The van der Waals surface area contributed by atoms with Crippen LogP contribution in [0.1, 0.15) is 79.1 Å². The third-order valence-electron chi connectivity index (χ3n) is 15.7. The van der Waals surface area contributed by atoms with Gasteiger partial charge in [0.1, 0.15) is 48.8 Å². The molecule has 0 aromatic rings. The molecule has 9 N–H and O–H groups in total. The van der Waals surface area contributed by atoms with Crippen LogP contribution in [0.3, 0.4) is 0 Å². The van der Waals surface area contributed by atoms with Crippen molar-refractivity contribution in [3.05, 3.63) is 11.6 Å². The summed E-state index contributed by atoms with van der Waals surface area (Å²) in [7, 11) is 1.71. The number of hydrogen-bond acceptors (Lipinski definition) is 15. The SMILES string of the molecule is CO[C@]1(CCC(C)CO[C@H]2O[C@@H](CO)[C@H](O)[C@@H](O)[C@@H]2O)OC2C[C@H]3[C@@H]4CC=C5C[C@@H](O)C[C@@H](O[C@@H]6O[C@H](CO)[C@@H](O)[C@H](O)[C@H]6O)[C@]5(C)[C@H]4CC[C@]3(C)C2[C@@H]1C. The highest BCUT2D eigenvalue weighted by molar-refractivity contribution is 5.28. The van der Waals surface area contributed by atoms with E-state index in [-0.39, 0.29) is 41.8 Å². The van der Waals surface area contributed by atoms with Gasteiger partial charge in [0.25, 0.3) is 0 Å². The van der Waals surface area contributed by atoms with E-state index >= 15 is 0 Å². The monoisotopic (exact) mass is 786 g/mol. The van der Waals surface area contributed by atoms with Crippen LogP contribution in [0.25, 0.3) is 0 Å². The lowest BCUT2D eigenvalue weighted by Crippen LogP contribution is -2.62. The van der Waals surface area contributed by atoms with E-state index in [4.69, 9.17) is 28.4 Å². The summed E-state index contributed by atoms with van der Waals surface area (Å²) in [6.07, 6.45) is -6.42. The first kappa shape index (κ1) is 42.3. The van der Waals surface area contributed by atoms with Crippen molar-refractivity contribution in [1.29, 1.82) is 0 Å². The largest absolute Gasteiger partial charge is 0.394 e. The Kier molecular flexibility index (Phi) is 12.3. The van der Waals surface area contributed by atoms with Gasteiger partial charge in [0.2, 0.25) is 0 Å². The maximum absolute atomic E-state index is 11.0. The Balaban J connectivity index is 1.02. The Hall–Kier alpha value is -0.860. The molecule has 316 valence electrons. The molecule has 55 heavy (non-hydrogen) atoms. The van der Waals surface area contributed by atoms with Crippen LogP contribution in [0, 0.1) is 46.3 Å². The van der Waals surface area contributed by atoms with Gasteiger partial charge >= 0.3 is 0 Å². The Morgan fingerprint density at radius 3 is 2.13 bits per heavy atom. The van der Waals surface area contributed by atoms with Crippen molar-refractivity contribution < 1.29 is 74.4 Å². The molecule has 3 unspecified atom stereocenters. The lowest BCUT2D eigenvalue weighted by Gasteiger charge is -2.60. The third-order valence-corrected chi connectivity index (χ3v) is 15.7. The molecule has 15 nitrogen and oxygen atoms in total. The molecule has 3 aliphatic heterocycles. The first-order valence-electron chi connectivity index (χ1n) is 20.5. The van der Waals surface area contributed by atoms with E-state index in [1.165, 1.54) is 0 Å². The molecule has 15 heteroatoms. The van der Waals surface area contributed by atoms with Crippen LogP contribution in [-0.2, 0) is 28.4 Å². The van der Waals surface area contributed by atoms with Gasteiger partial charge in [0, 0.05) is 31.3 Å². The smallest absolute Gasteiger partial charge is 0.187 e. The van der Waals surface area contributed by atoms with Crippen LogP contribution in [0.4, 0.5) is 0 Å². The molecular weight excluding hydrogens is 720 g/mol. The second-order valence-corrected chi connectivity index (χ2v) is 18.5. The van der Waals surface area contributed by atoms with Crippen molar-refractivity contribution in [2.24, 2.45) is 46.3 Å². The number of allylic oxidation sites excluding steroid dienone is 1. The molecule has 0 aromatic heterocycles. The highest BCUT2D eigenvalue weighted by Gasteiger charge is 2.69. The van der Waals surface area contributed by atoms with Gasteiger partial charge in [0.05, 0.1) is 38.1 Å². The molecule has 6 fully saturated rings. The minimum absolute atomic E-state index is 0.00707. The standard InChI is InChI=1S/C40H66O15/c1-18(17-51-36-34(48)32(46)30(44)26(15-41)52-36)8-11-40(50-5)19(2)29-25(55-40)14-24-22-7-6-20-12-21(43)13-28(39(20,4)23(22)9-10-38(24,29)3)54-37-35(49)33(47)31(45)27(16-42)53-37/h6,18-19,21-37,41-49H,7-17H2,1-5H3/t18?,19-,21+,22+,23-,24-,25?,26-,27+,28+,29?,30-,31+,32+,33-,34-,35+,36-,37-,38-,39-,40+/m0/s1. The van der Waals surface area contributed by atoms with E-state index in [1.54, 1.807) is 7.11 Å². The van der Waals surface area contributed by atoms with Crippen molar-refractivity contribution in [3.8, 4) is 0 Å². The quantitative estimate of drug-likeness (QED) is 0.125.